The Morgan fingerprint density at radius 2 is 2.04 bits per heavy atom. The van der Waals surface area contributed by atoms with Gasteiger partial charge >= 0.3 is 0 Å². The zero-order valence-corrected chi connectivity index (χ0v) is 16.1. The van der Waals surface area contributed by atoms with Gasteiger partial charge in [0.2, 0.25) is 0 Å². The molecule has 1 fully saturated rings. The van der Waals surface area contributed by atoms with Crippen LogP contribution in [0.15, 0.2) is 5.16 Å². The molecule has 0 amide bonds. The summed E-state index contributed by atoms with van der Waals surface area (Å²) in [4.78, 5) is 13.5. The molecule has 24 heavy (non-hydrogen) atoms. The molecule has 0 spiro atoms. The van der Waals surface area contributed by atoms with Gasteiger partial charge in [-0.15, -0.1) is 11.3 Å². The summed E-state index contributed by atoms with van der Waals surface area (Å²) in [5.74, 6) is 2.06. The molecule has 0 unspecified atom stereocenters. The summed E-state index contributed by atoms with van der Waals surface area (Å²) in [5, 5.41) is 0.872. The first-order valence-corrected chi connectivity index (χ1v) is 10.3. The molecule has 0 saturated carbocycles. The molecular weight excluding hydrogens is 342 g/mol. The SMILES string of the molecule is CCSc1nc(N2CCOCC2)c2sc3c(c2n1)COC(C)(C)C3. The average molecular weight is 366 g/mol. The Kier molecular flexibility index (Phi) is 4.45. The number of aromatic nitrogens is 2. The quantitative estimate of drug-likeness (QED) is 0.613. The number of fused-ring (bicyclic) bond motifs is 3. The van der Waals surface area contributed by atoms with Gasteiger partial charge < -0.3 is 14.4 Å². The Hall–Kier alpha value is -0.890. The Balaban J connectivity index is 1.85. The van der Waals surface area contributed by atoms with E-state index in [1.54, 1.807) is 11.8 Å². The van der Waals surface area contributed by atoms with Crippen LogP contribution in [0.3, 0.4) is 0 Å². The smallest absolute Gasteiger partial charge is 0.190 e. The van der Waals surface area contributed by atoms with Crippen LogP contribution in [0.5, 0.6) is 0 Å². The summed E-state index contributed by atoms with van der Waals surface area (Å²) in [7, 11) is 0. The van der Waals surface area contributed by atoms with Gasteiger partial charge in [-0.25, -0.2) is 9.97 Å². The van der Waals surface area contributed by atoms with E-state index >= 15 is 0 Å². The molecule has 7 heteroatoms. The van der Waals surface area contributed by atoms with E-state index in [1.807, 2.05) is 11.3 Å². The Bertz CT molecular complexity index is 754. The third kappa shape index (κ3) is 3.03. The van der Waals surface area contributed by atoms with Crippen LogP contribution in [0.2, 0.25) is 0 Å². The van der Waals surface area contributed by atoms with E-state index in [4.69, 9.17) is 19.4 Å². The molecule has 2 aromatic rings. The van der Waals surface area contributed by atoms with Crippen molar-refractivity contribution in [1.82, 2.24) is 9.97 Å². The van der Waals surface area contributed by atoms with Crippen molar-refractivity contribution >= 4 is 39.1 Å². The van der Waals surface area contributed by atoms with Crippen LogP contribution < -0.4 is 4.90 Å². The van der Waals surface area contributed by atoms with Crippen molar-refractivity contribution in [2.45, 2.75) is 44.6 Å². The van der Waals surface area contributed by atoms with Crippen molar-refractivity contribution in [3.05, 3.63) is 10.4 Å². The molecule has 5 nitrogen and oxygen atoms in total. The van der Waals surface area contributed by atoms with Gasteiger partial charge in [-0.3, -0.25) is 0 Å². The van der Waals surface area contributed by atoms with E-state index < -0.39 is 0 Å². The predicted octanol–water partition coefficient (Wildman–Crippen LogP) is 3.49. The number of thioether (sulfide) groups is 1. The molecule has 130 valence electrons. The van der Waals surface area contributed by atoms with E-state index in [1.165, 1.54) is 15.1 Å². The lowest BCUT2D eigenvalue weighted by molar-refractivity contribution is -0.0383. The van der Waals surface area contributed by atoms with E-state index in [0.717, 1.165) is 55.0 Å². The Morgan fingerprint density at radius 3 is 2.79 bits per heavy atom. The highest BCUT2D eigenvalue weighted by Gasteiger charge is 2.31. The van der Waals surface area contributed by atoms with Crippen LogP contribution in [0.1, 0.15) is 31.2 Å². The minimum Gasteiger partial charge on any atom is -0.378 e. The van der Waals surface area contributed by atoms with Gasteiger partial charge in [0.1, 0.15) is 0 Å². The molecule has 0 bridgehead atoms. The average Bonchev–Trinajstić information content (AvgIpc) is 2.91. The standard InChI is InChI=1S/C17H23N3O2S2/c1-4-23-16-18-13-11-10-22-17(2,3)9-12(11)24-14(13)15(19-16)20-5-7-21-8-6-20/h4-10H2,1-3H3. The van der Waals surface area contributed by atoms with Crippen LogP contribution >= 0.6 is 23.1 Å². The van der Waals surface area contributed by atoms with E-state index in [0.29, 0.717) is 6.61 Å². The fourth-order valence-electron chi connectivity index (χ4n) is 3.21. The highest BCUT2D eigenvalue weighted by atomic mass is 32.2. The lowest BCUT2D eigenvalue weighted by Gasteiger charge is -2.29. The van der Waals surface area contributed by atoms with E-state index in [2.05, 4.69) is 25.7 Å². The molecule has 4 rings (SSSR count). The van der Waals surface area contributed by atoms with Gasteiger partial charge in [0.15, 0.2) is 11.0 Å². The first-order valence-electron chi connectivity index (χ1n) is 8.49. The maximum absolute atomic E-state index is 6.05. The van der Waals surface area contributed by atoms with Crippen LogP contribution in [0.25, 0.3) is 10.2 Å². The summed E-state index contributed by atoms with van der Waals surface area (Å²) < 4.78 is 12.8. The Morgan fingerprint density at radius 1 is 1.25 bits per heavy atom. The number of nitrogens with zero attached hydrogens (tertiary/aromatic N) is 3. The molecule has 1 saturated heterocycles. The second-order valence-electron chi connectivity index (χ2n) is 6.77. The molecular formula is C17H23N3O2S2. The van der Waals surface area contributed by atoms with Gasteiger partial charge in [0.25, 0.3) is 0 Å². The maximum atomic E-state index is 6.05. The van der Waals surface area contributed by atoms with Crippen molar-refractivity contribution < 1.29 is 9.47 Å². The normalized spacial score (nSPS) is 20.4. The third-order valence-corrected chi connectivity index (χ3v) is 6.40. The zero-order chi connectivity index (χ0) is 16.7. The fourth-order valence-corrected chi connectivity index (χ4v) is 5.26. The number of thiophene rings is 1. The van der Waals surface area contributed by atoms with Gasteiger partial charge in [0, 0.05) is 30.0 Å². The van der Waals surface area contributed by atoms with E-state index in [-0.39, 0.29) is 5.60 Å². The number of ether oxygens (including phenoxy) is 2. The summed E-state index contributed by atoms with van der Waals surface area (Å²) in [6.45, 7) is 10.4. The number of hydrogen-bond donors (Lipinski definition) is 0. The summed E-state index contributed by atoms with van der Waals surface area (Å²) in [5.41, 5.74) is 2.27. The molecule has 2 aliphatic rings. The molecule has 0 aromatic carbocycles. The van der Waals surface area contributed by atoms with Crippen molar-refractivity contribution in [2.75, 3.05) is 37.0 Å². The first-order chi connectivity index (χ1) is 11.6. The largest absolute Gasteiger partial charge is 0.378 e. The molecule has 2 aromatic heterocycles. The van der Waals surface area contributed by atoms with E-state index in [9.17, 15) is 0 Å². The van der Waals surface area contributed by atoms with Crippen molar-refractivity contribution in [3.63, 3.8) is 0 Å². The number of morpholine rings is 1. The zero-order valence-electron chi connectivity index (χ0n) is 14.4. The summed E-state index contributed by atoms with van der Waals surface area (Å²) in [6.07, 6.45) is 0.947. The minimum atomic E-state index is -0.0958. The monoisotopic (exact) mass is 365 g/mol. The lowest BCUT2D eigenvalue weighted by atomic mass is 9.98. The molecule has 0 N–H and O–H groups in total. The number of rotatable bonds is 3. The second-order valence-corrected chi connectivity index (χ2v) is 9.11. The topological polar surface area (TPSA) is 47.5 Å². The minimum absolute atomic E-state index is 0.0958. The molecule has 0 radical (unpaired) electrons. The van der Waals surface area contributed by atoms with Crippen LogP contribution in [0, 0.1) is 0 Å². The fraction of sp³-hybridized carbons (Fsp3) is 0.647. The van der Waals surface area contributed by atoms with Crippen molar-refractivity contribution in [2.24, 2.45) is 0 Å². The number of anilines is 1. The van der Waals surface area contributed by atoms with Crippen LogP contribution in [0.4, 0.5) is 5.82 Å². The summed E-state index contributed by atoms with van der Waals surface area (Å²) in [6, 6.07) is 0. The molecule has 2 aliphatic heterocycles. The van der Waals surface area contributed by atoms with Crippen molar-refractivity contribution in [3.8, 4) is 0 Å². The van der Waals surface area contributed by atoms with Crippen LogP contribution in [-0.2, 0) is 22.5 Å². The number of hydrogen-bond acceptors (Lipinski definition) is 7. The van der Waals surface area contributed by atoms with Gasteiger partial charge in [0.05, 0.1) is 35.6 Å². The van der Waals surface area contributed by atoms with Gasteiger partial charge in [-0.1, -0.05) is 18.7 Å². The maximum Gasteiger partial charge on any atom is 0.190 e. The van der Waals surface area contributed by atoms with Crippen molar-refractivity contribution in [1.29, 1.82) is 0 Å². The molecule has 4 heterocycles. The molecule has 0 atom stereocenters. The Labute approximate surface area is 150 Å². The predicted molar refractivity (Wildman–Crippen MR) is 99.4 cm³/mol. The summed E-state index contributed by atoms with van der Waals surface area (Å²) >= 11 is 3.56. The highest BCUT2D eigenvalue weighted by molar-refractivity contribution is 7.99. The van der Waals surface area contributed by atoms with Gasteiger partial charge in [-0.2, -0.15) is 0 Å². The van der Waals surface area contributed by atoms with Crippen LogP contribution in [-0.4, -0.2) is 47.6 Å². The highest BCUT2D eigenvalue weighted by Crippen LogP contribution is 2.42. The molecule has 0 aliphatic carbocycles. The van der Waals surface area contributed by atoms with Gasteiger partial charge in [-0.05, 0) is 19.6 Å². The second kappa shape index (κ2) is 6.44. The lowest BCUT2D eigenvalue weighted by Crippen LogP contribution is -2.36. The first kappa shape index (κ1) is 16.6. The third-order valence-electron chi connectivity index (χ3n) is 4.45.